The summed E-state index contributed by atoms with van der Waals surface area (Å²) in [6.07, 6.45) is 3.00. The van der Waals surface area contributed by atoms with Crippen LogP contribution in [0.1, 0.15) is 23.5 Å². The fourth-order valence-electron chi connectivity index (χ4n) is 2.77. The van der Waals surface area contributed by atoms with Crippen LogP contribution in [0, 0.1) is 5.92 Å². The van der Waals surface area contributed by atoms with Gasteiger partial charge in [0.05, 0.1) is 12.1 Å². The van der Waals surface area contributed by atoms with Gasteiger partial charge in [0.1, 0.15) is 5.01 Å². The molecule has 1 saturated heterocycles. The van der Waals surface area contributed by atoms with Crippen molar-refractivity contribution in [3.05, 3.63) is 16.1 Å². The summed E-state index contributed by atoms with van der Waals surface area (Å²) >= 11 is 1.60. The number of hydrogen-bond acceptors (Lipinski definition) is 5. The van der Waals surface area contributed by atoms with Gasteiger partial charge < -0.3 is 10.2 Å². The normalized spacial score (nSPS) is 19.7. The molecule has 1 aromatic heterocycles. The second kappa shape index (κ2) is 7.87. The van der Waals surface area contributed by atoms with Crippen molar-refractivity contribution in [1.29, 1.82) is 0 Å². The zero-order valence-corrected chi connectivity index (χ0v) is 14.1. The van der Waals surface area contributed by atoms with E-state index in [0.717, 1.165) is 42.8 Å². The first-order chi connectivity index (χ1) is 10.1. The minimum Gasteiger partial charge on any atom is -0.348 e. The first-order valence-corrected chi connectivity index (χ1v) is 8.47. The third-order valence-corrected chi connectivity index (χ3v) is 4.78. The molecule has 0 aliphatic carbocycles. The maximum Gasteiger partial charge on any atom is 0.228 e. The molecular weight excluding hydrogens is 284 g/mol. The van der Waals surface area contributed by atoms with Crippen molar-refractivity contribution >= 4 is 17.2 Å². The Morgan fingerprint density at radius 3 is 3.10 bits per heavy atom. The fourth-order valence-corrected chi connectivity index (χ4v) is 3.55. The van der Waals surface area contributed by atoms with Crippen molar-refractivity contribution in [3.63, 3.8) is 0 Å². The number of aromatic nitrogens is 1. The third kappa shape index (κ3) is 5.05. The lowest BCUT2D eigenvalue weighted by molar-refractivity contribution is -0.127. The Bertz CT molecular complexity index is 458. The van der Waals surface area contributed by atoms with E-state index >= 15 is 0 Å². The summed E-state index contributed by atoms with van der Waals surface area (Å²) in [5.41, 5.74) is 1.10. The topological polar surface area (TPSA) is 48.5 Å². The van der Waals surface area contributed by atoms with Crippen LogP contribution in [-0.2, 0) is 17.8 Å². The lowest BCUT2D eigenvalue weighted by Gasteiger charge is -2.32. The summed E-state index contributed by atoms with van der Waals surface area (Å²) in [6.45, 7) is 4.30. The van der Waals surface area contributed by atoms with Gasteiger partial charge in [0, 0.05) is 32.6 Å². The average Bonchev–Trinajstić information content (AvgIpc) is 2.86. The van der Waals surface area contributed by atoms with Crippen molar-refractivity contribution < 1.29 is 4.79 Å². The molecule has 1 fully saturated rings. The van der Waals surface area contributed by atoms with Crippen molar-refractivity contribution in [1.82, 2.24) is 20.1 Å². The quantitative estimate of drug-likeness (QED) is 0.858. The zero-order chi connectivity index (χ0) is 15.2. The van der Waals surface area contributed by atoms with Gasteiger partial charge in [-0.1, -0.05) is 0 Å². The molecule has 1 aromatic rings. The van der Waals surface area contributed by atoms with Crippen LogP contribution in [0.5, 0.6) is 0 Å². The number of likely N-dealkylation sites (tertiary alicyclic amines) is 1. The molecule has 1 unspecified atom stereocenters. The van der Waals surface area contributed by atoms with E-state index in [1.165, 1.54) is 12.8 Å². The SMILES string of the molecule is CNCC1CCCN(Cc2csc(CC(=O)N(C)C)n2)C1. The molecule has 21 heavy (non-hydrogen) atoms. The molecule has 2 rings (SSSR count). The lowest BCUT2D eigenvalue weighted by Crippen LogP contribution is -2.38. The molecule has 0 radical (unpaired) electrons. The van der Waals surface area contributed by atoms with Gasteiger partial charge in [-0.2, -0.15) is 0 Å². The number of nitrogens with one attached hydrogen (secondary N) is 1. The Hall–Kier alpha value is -0.980. The third-order valence-electron chi connectivity index (χ3n) is 3.88. The fraction of sp³-hybridized carbons (Fsp3) is 0.733. The Morgan fingerprint density at radius 1 is 1.57 bits per heavy atom. The highest BCUT2D eigenvalue weighted by Gasteiger charge is 2.20. The number of likely N-dealkylation sites (N-methyl/N-ethyl adjacent to an activating group) is 1. The van der Waals surface area contributed by atoms with Crippen LogP contribution in [0.3, 0.4) is 0 Å². The Balaban J connectivity index is 1.85. The smallest absolute Gasteiger partial charge is 0.228 e. The largest absolute Gasteiger partial charge is 0.348 e. The van der Waals surface area contributed by atoms with E-state index in [9.17, 15) is 4.79 Å². The van der Waals surface area contributed by atoms with Gasteiger partial charge >= 0.3 is 0 Å². The van der Waals surface area contributed by atoms with E-state index in [-0.39, 0.29) is 5.91 Å². The highest BCUT2D eigenvalue weighted by molar-refractivity contribution is 7.09. The molecular formula is C15H26N4OS. The van der Waals surface area contributed by atoms with E-state index in [1.54, 1.807) is 30.3 Å². The number of rotatable bonds is 6. The number of piperidine rings is 1. The monoisotopic (exact) mass is 310 g/mol. The highest BCUT2D eigenvalue weighted by atomic mass is 32.1. The molecule has 1 amide bonds. The Morgan fingerprint density at radius 2 is 2.38 bits per heavy atom. The van der Waals surface area contributed by atoms with Crippen LogP contribution in [0.15, 0.2) is 5.38 Å². The summed E-state index contributed by atoms with van der Waals surface area (Å²) in [4.78, 5) is 20.4. The van der Waals surface area contributed by atoms with Gasteiger partial charge in [0.25, 0.3) is 0 Å². The van der Waals surface area contributed by atoms with Crippen LogP contribution < -0.4 is 5.32 Å². The molecule has 1 N–H and O–H groups in total. The van der Waals surface area contributed by atoms with Gasteiger partial charge in [0.15, 0.2) is 0 Å². The summed E-state index contributed by atoms with van der Waals surface area (Å²) in [6, 6.07) is 0. The number of thiazole rings is 1. The molecule has 0 spiro atoms. The number of carbonyl (C=O) groups is 1. The second-order valence-corrected chi connectivity index (χ2v) is 6.94. The van der Waals surface area contributed by atoms with Crippen LogP contribution in [-0.4, -0.2) is 61.5 Å². The van der Waals surface area contributed by atoms with Crippen LogP contribution in [0.2, 0.25) is 0 Å². The summed E-state index contributed by atoms with van der Waals surface area (Å²) in [7, 11) is 5.59. The summed E-state index contributed by atoms with van der Waals surface area (Å²) in [5, 5.41) is 6.30. The van der Waals surface area contributed by atoms with Crippen LogP contribution >= 0.6 is 11.3 Å². The molecule has 5 nitrogen and oxygen atoms in total. The first kappa shape index (κ1) is 16.4. The van der Waals surface area contributed by atoms with Gasteiger partial charge in [-0.05, 0) is 38.9 Å². The average molecular weight is 310 g/mol. The molecule has 0 bridgehead atoms. The molecule has 2 heterocycles. The maximum absolute atomic E-state index is 11.7. The molecule has 6 heteroatoms. The van der Waals surface area contributed by atoms with Crippen molar-refractivity contribution in [3.8, 4) is 0 Å². The molecule has 118 valence electrons. The van der Waals surface area contributed by atoms with E-state index in [2.05, 4.69) is 20.6 Å². The highest BCUT2D eigenvalue weighted by Crippen LogP contribution is 2.19. The van der Waals surface area contributed by atoms with E-state index in [4.69, 9.17) is 0 Å². The Labute approximate surface area is 131 Å². The molecule has 0 aromatic carbocycles. The van der Waals surface area contributed by atoms with Crippen molar-refractivity contribution in [2.75, 3.05) is 40.8 Å². The van der Waals surface area contributed by atoms with E-state index in [1.807, 2.05) is 7.05 Å². The van der Waals surface area contributed by atoms with Crippen molar-refractivity contribution in [2.24, 2.45) is 5.92 Å². The van der Waals surface area contributed by atoms with Gasteiger partial charge in [-0.25, -0.2) is 4.98 Å². The number of hydrogen-bond donors (Lipinski definition) is 1. The van der Waals surface area contributed by atoms with Gasteiger partial charge in [-0.15, -0.1) is 11.3 Å². The molecule has 1 aliphatic rings. The van der Waals surface area contributed by atoms with Gasteiger partial charge in [0.2, 0.25) is 5.91 Å². The van der Waals surface area contributed by atoms with E-state index in [0.29, 0.717) is 6.42 Å². The zero-order valence-electron chi connectivity index (χ0n) is 13.3. The number of carbonyl (C=O) groups excluding carboxylic acids is 1. The second-order valence-electron chi connectivity index (χ2n) is 6.00. The summed E-state index contributed by atoms with van der Waals surface area (Å²) < 4.78 is 0. The minimum atomic E-state index is 0.114. The first-order valence-electron chi connectivity index (χ1n) is 7.59. The van der Waals surface area contributed by atoms with Crippen LogP contribution in [0.25, 0.3) is 0 Å². The standard InChI is InChI=1S/C15H26N4OS/c1-16-8-12-5-4-6-19(9-12)10-13-11-21-14(17-13)7-15(20)18(2)3/h11-12,16H,4-10H2,1-3H3. The predicted octanol–water partition coefficient (Wildman–Crippen LogP) is 1.21. The number of nitrogens with zero attached hydrogens (tertiary/aromatic N) is 3. The lowest BCUT2D eigenvalue weighted by atomic mass is 9.98. The Kier molecular flexibility index (Phi) is 6.14. The van der Waals surface area contributed by atoms with E-state index < -0.39 is 0 Å². The molecule has 0 saturated carbocycles. The predicted molar refractivity (Wildman–Crippen MR) is 86.4 cm³/mol. The minimum absolute atomic E-state index is 0.114. The summed E-state index contributed by atoms with van der Waals surface area (Å²) in [5.74, 6) is 0.861. The molecule has 1 aliphatic heterocycles. The maximum atomic E-state index is 11.7. The molecule has 1 atom stereocenters. The van der Waals surface area contributed by atoms with Crippen molar-refractivity contribution in [2.45, 2.75) is 25.8 Å². The van der Waals surface area contributed by atoms with Crippen LogP contribution in [0.4, 0.5) is 0 Å². The van der Waals surface area contributed by atoms with Gasteiger partial charge in [-0.3, -0.25) is 9.69 Å². The number of amides is 1.